The summed E-state index contributed by atoms with van der Waals surface area (Å²) in [6.07, 6.45) is 23.8. The first-order valence-electron chi connectivity index (χ1n) is 13.4. The Morgan fingerprint density at radius 1 is 0.400 bits per heavy atom. The highest BCUT2D eigenvalue weighted by Crippen LogP contribution is 2.85. The van der Waals surface area contributed by atoms with Crippen molar-refractivity contribution in [1.82, 2.24) is 0 Å². The maximum atomic E-state index is 4.49. The standard InChI is InChI=1S/C28H44Br2/c1-5-21-9-22(6-2)12-25(11-21,19-27(29,15-21)16-22)26-13-23(7-3)10-24(8-4,14-26)18-28(30,17-23)20-26/h5-20H2,1-4H3. The minimum absolute atomic E-state index is 0.440. The van der Waals surface area contributed by atoms with Crippen LogP contribution in [0, 0.1) is 32.5 Å². The zero-order valence-corrected chi connectivity index (χ0v) is 23.2. The van der Waals surface area contributed by atoms with E-state index in [0.29, 0.717) is 41.1 Å². The van der Waals surface area contributed by atoms with Gasteiger partial charge >= 0.3 is 0 Å². The third-order valence-corrected chi connectivity index (χ3v) is 14.2. The van der Waals surface area contributed by atoms with Crippen LogP contribution >= 0.6 is 31.9 Å². The van der Waals surface area contributed by atoms with Crippen molar-refractivity contribution in [3.05, 3.63) is 0 Å². The third kappa shape index (κ3) is 2.56. The zero-order valence-electron chi connectivity index (χ0n) is 20.1. The first-order valence-corrected chi connectivity index (χ1v) is 14.9. The molecule has 0 aromatic heterocycles. The van der Waals surface area contributed by atoms with Gasteiger partial charge < -0.3 is 0 Å². The summed E-state index contributed by atoms with van der Waals surface area (Å²) in [4.78, 5) is 0. The molecule has 0 nitrogen and oxygen atoms in total. The molecule has 4 unspecified atom stereocenters. The van der Waals surface area contributed by atoms with Crippen LogP contribution in [0.1, 0.15) is 130 Å². The molecule has 0 saturated heterocycles. The molecule has 0 heterocycles. The molecule has 8 aliphatic rings. The van der Waals surface area contributed by atoms with Crippen molar-refractivity contribution < 1.29 is 0 Å². The molecule has 0 aromatic carbocycles. The molecule has 30 heavy (non-hydrogen) atoms. The predicted molar refractivity (Wildman–Crippen MR) is 134 cm³/mol. The van der Waals surface area contributed by atoms with E-state index in [0.717, 1.165) is 0 Å². The molecule has 0 radical (unpaired) electrons. The number of halogens is 2. The van der Waals surface area contributed by atoms with Gasteiger partial charge in [-0.15, -0.1) is 0 Å². The summed E-state index contributed by atoms with van der Waals surface area (Å²) in [5.74, 6) is 0. The second-order valence-electron chi connectivity index (χ2n) is 14.4. The van der Waals surface area contributed by atoms with Crippen LogP contribution in [-0.4, -0.2) is 8.65 Å². The fourth-order valence-electron chi connectivity index (χ4n) is 12.5. The van der Waals surface area contributed by atoms with Gasteiger partial charge in [-0.2, -0.15) is 0 Å². The van der Waals surface area contributed by atoms with E-state index in [-0.39, 0.29) is 0 Å². The average Bonchev–Trinajstić information content (AvgIpc) is 2.64. The largest absolute Gasteiger partial charge is 0.0853 e. The summed E-state index contributed by atoms with van der Waals surface area (Å²) in [5, 5.41) is 0. The Kier molecular flexibility index (Phi) is 4.27. The van der Waals surface area contributed by atoms with Crippen molar-refractivity contribution in [1.29, 1.82) is 0 Å². The molecule has 4 atom stereocenters. The summed E-state index contributed by atoms with van der Waals surface area (Å²) < 4.78 is 0.880. The Morgan fingerprint density at radius 2 is 0.667 bits per heavy atom. The van der Waals surface area contributed by atoms with Crippen LogP contribution < -0.4 is 0 Å². The van der Waals surface area contributed by atoms with Gasteiger partial charge in [0.2, 0.25) is 0 Å². The third-order valence-electron chi connectivity index (χ3n) is 12.6. The van der Waals surface area contributed by atoms with Crippen molar-refractivity contribution in [2.45, 2.75) is 139 Å². The van der Waals surface area contributed by atoms with Gasteiger partial charge in [0, 0.05) is 8.65 Å². The topological polar surface area (TPSA) is 0 Å². The quantitative estimate of drug-likeness (QED) is 0.305. The molecule has 0 spiro atoms. The monoisotopic (exact) mass is 538 g/mol. The molecule has 8 aliphatic carbocycles. The lowest BCUT2D eigenvalue weighted by molar-refractivity contribution is -0.264. The Morgan fingerprint density at radius 3 is 0.900 bits per heavy atom. The highest BCUT2D eigenvalue weighted by molar-refractivity contribution is 9.10. The van der Waals surface area contributed by atoms with Crippen molar-refractivity contribution >= 4 is 31.9 Å². The molecule has 8 rings (SSSR count). The molecule has 0 amide bonds. The van der Waals surface area contributed by atoms with Crippen LogP contribution in [-0.2, 0) is 0 Å². The second-order valence-corrected chi connectivity index (χ2v) is 17.8. The normalized spacial score (nSPS) is 63.0. The molecule has 170 valence electrons. The van der Waals surface area contributed by atoms with E-state index in [1.165, 1.54) is 77.0 Å². The van der Waals surface area contributed by atoms with Crippen molar-refractivity contribution in [2.24, 2.45) is 32.5 Å². The van der Waals surface area contributed by atoms with Gasteiger partial charge in [0.25, 0.3) is 0 Å². The molecule has 0 aliphatic heterocycles. The smallest absolute Gasteiger partial charge is 0.0274 e. The minimum atomic E-state index is 0.440. The van der Waals surface area contributed by atoms with E-state index in [1.807, 2.05) is 0 Å². The summed E-state index contributed by atoms with van der Waals surface area (Å²) in [5.41, 5.74) is 3.67. The highest BCUT2D eigenvalue weighted by Gasteiger charge is 2.76. The van der Waals surface area contributed by atoms with Gasteiger partial charge in [-0.05, 0) is 110 Å². The SMILES string of the molecule is CCC12CC3(Br)CC(CC)(C1)CC(C14CC5(Br)CC(CC)(CC(CC)(C5)C1)C4)(C3)C2. The van der Waals surface area contributed by atoms with Gasteiger partial charge in [-0.1, -0.05) is 85.2 Å². The Labute approximate surface area is 202 Å². The Bertz CT molecular complexity index is 663. The maximum Gasteiger partial charge on any atom is 0.0274 e. The minimum Gasteiger partial charge on any atom is -0.0853 e. The molecule has 8 bridgehead atoms. The lowest BCUT2D eigenvalue weighted by Crippen LogP contribution is -2.72. The van der Waals surface area contributed by atoms with Gasteiger partial charge in [-0.3, -0.25) is 0 Å². The lowest BCUT2D eigenvalue weighted by atomic mass is 9.27. The van der Waals surface area contributed by atoms with E-state index in [4.69, 9.17) is 0 Å². The van der Waals surface area contributed by atoms with Crippen LogP contribution in [0.5, 0.6) is 0 Å². The molecule has 8 saturated carbocycles. The summed E-state index contributed by atoms with van der Waals surface area (Å²) in [6.45, 7) is 10.1. The van der Waals surface area contributed by atoms with Gasteiger partial charge in [-0.25, -0.2) is 0 Å². The highest BCUT2D eigenvalue weighted by atomic mass is 79.9. The van der Waals surface area contributed by atoms with Crippen LogP contribution in [0.25, 0.3) is 0 Å². The van der Waals surface area contributed by atoms with Crippen LogP contribution in [0.2, 0.25) is 0 Å². The van der Waals surface area contributed by atoms with E-state index in [2.05, 4.69) is 59.6 Å². The Balaban J connectivity index is 1.53. The van der Waals surface area contributed by atoms with Crippen LogP contribution in [0.4, 0.5) is 0 Å². The first kappa shape index (κ1) is 21.5. The van der Waals surface area contributed by atoms with Crippen molar-refractivity contribution in [3.8, 4) is 0 Å². The fraction of sp³-hybridized carbons (Fsp3) is 1.00. The summed E-state index contributed by atoms with van der Waals surface area (Å²) in [7, 11) is 0. The Hall–Kier alpha value is 0.960. The van der Waals surface area contributed by atoms with Crippen LogP contribution in [0.3, 0.4) is 0 Å². The van der Waals surface area contributed by atoms with Crippen LogP contribution in [0.15, 0.2) is 0 Å². The molecule has 0 N–H and O–H groups in total. The average molecular weight is 540 g/mol. The molecule has 2 heteroatoms. The molecular formula is C28H44Br2. The van der Waals surface area contributed by atoms with Crippen molar-refractivity contribution in [3.63, 3.8) is 0 Å². The summed E-state index contributed by atoms with van der Waals surface area (Å²) >= 11 is 8.97. The van der Waals surface area contributed by atoms with E-state index < -0.39 is 0 Å². The van der Waals surface area contributed by atoms with E-state index in [9.17, 15) is 0 Å². The summed E-state index contributed by atoms with van der Waals surface area (Å²) in [6, 6.07) is 0. The van der Waals surface area contributed by atoms with Crippen molar-refractivity contribution in [2.75, 3.05) is 0 Å². The predicted octanol–water partition coefficient (Wildman–Crippen LogP) is 9.57. The maximum absolute atomic E-state index is 4.49. The van der Waals surface area contributed by atoms with Gasteiger partial charge in [0.1, 0.15) is 0 Å². The molecule has 8 fully saturated rings. The van der Waals surface area contributed by atoms with Gasteiger partial charge in [0.15, 0.2) is 0 Å². The second kappa shape index (κ2) is 5.95. The molecule has 0 aromatic rings. The first-order chi connectivity index (χ1) is 14.0. The van der Waals surface area contributed by atoms with Gasteiger partial charge in [0.05, 0.1) is 0 Å². The fourth-order valence-corrected chi connectivity index (χ4v) is 15.9. The molecular weight excluding hydrogens is 496 g/mol. The van der Waals surface area contributed by atoms with E-state index in [1.54, 1.807) is 25.7 Å². The zero-order chi connectivity index (χ0) is 21.3. The number of hydrogen-bond donors (Lipinski definition) is 0. The number of hydrogen-bond acceptors (Lipinski definition) is 0. The number of rotatable bonds is 5. The van der Waals surface area contributed by atoms with E-state index >= 15 is 0 Å². The lowest BCUT2D eigenvalue weighted by Gasteiger charge is -2.80. The number of alkyl halides is 2.